The van der Waals surface area contributed by atoms with Crippen LogP contribution in [0.25, 0.3) is 0 Å². The summed E-state index contributed by atoms with van der Waals surface area (Å²) >= 11 is 13.2. The molecule has 3 rings (SSSR count). The van der Waals surface area contributed by atoms with Gasteiger partial charge < -0.3 is 0 Å². The van der Waals surface area contributed by atoms with Gasteiger partial charge in [-0.15, -0.1) is 0 Å². The molecule has 0 aromatic heterocycles. The molecule has 0 atom stereocenters. The van der Waals surface area contributed by atoms with Crippen molar-refractivity contribution in [3.63, 3.8) is 0 Å². The van der Waals surface area contributed by atoms with Gasteiger partial charge in [-0.1, -0.05) is 13.8 Å². The highest BCUT2D eigenvalue weighted by Crippen LogP contribution is 2.36. The first kappa shape index (κ1) is 20.4. The maximum atomic E-state index is 2.53. The summed E-state index contributed by atoms with van der Waals surface area (Å²) in [6, 6.07) is 0. The largest absolute Gasteiger partial charge is 0.161 e. The molecule has 2 bridgehead atoms. The maximum absolute atomic E-state index is 2.53. The van der Waals surface area contributed by atoms with Crippen molar-refractivity contribution in [1.82, 2.24) is 0 Å². The summed E-state index contributed by atoms with van der Waals surface area (Å²) in [4.78, 5) is 0. The van der Waals surface area contributed by atoms with Crippen LogP contribution in [-0.2, 0) is 0 Å². The molecule has 3 aliphatic heterocycles. The van der Waals surface area contributed by atoms with Crippen LogP contribution in [0.3, 0.4) is 0 Å². The van der Waals surface area contributed by atoms with Crippen LogP contribution in [0.4, 0.5) is 0 Å². The lowest BCUT2D eigenvalue weighted by Crippen LogP contribution is -2.29. The Labute approximate surface area is 163 Å². The quantitative estimate of drug-likeness (QED) is 0.515. The molecule has 0 aromatic rings. The monoisotopic (exact) mass is 414 g/mol. The first-order valence-corrected chi connectivity index (χ1v) is 15.0. The third kappa shape index (κ3) is 7.99. The highest BCUT2D eigenvalue weighted by Gasteiger charge is 2.27. The van der Waals surface area contributed by atoms with E-state index in [1.54, 1.807) is 0 Å². The van der Waals surface area contributed by atoms with E-state index in [1.807, 2.05) is 0 Å². The topological polar surface area (TPSA) is 0 Å². The Hall–Kier alpha value is 2.10. The zero-order chi connectivity index (χ0) is 15.7. The zero-order valence-corrected chi connectivity index (χ0v) is 18.8. The average Bonchev–Trinajstić information content (AvgIpc) is 2.49. The van der Waals surface area contributed by atoms with Crippen LogP contribution in [-0.4, -0.2) is 69.0 Å². The van der Waals surface area contributed by atoms with E-state index < -0.39 is 0 Å². The molecule has 3 fully saturated rings. The Kier molecular flexibility index (Phi) is 10.2. The van der Waals surface area contributed by atoms with Gasteiger partial charge >= 0.3 is 0 Å². The van der Waals surface area contributed by atoms with E-state index in [1.165, 1.54) is 69.0 Å². The van der Waals surface area contributed by atoms with Gasteiger partial charge in [0.05, 0.1) is 0 Å². The predicted octanol–water partition coefficient (Wildman–Crippen LogP) is 5.43. The number of thioether (sulfide) groups is 6. The molecule has 6 heteroatoms. The summed E-state index contributed by atoms with van der Waals surface area (Å²) in [5, 5.41) is 0. The maximum Gasteiger partial charge on any atom is 0.00238 e. The molecule has 130 valence electrons. The second-order valence-electron chi connectivity index (χ2n) is 6.94. The summed E-state index contributed by atoms with van der Waals surface area (Å²) in [5.74, 6) is 16.1. The molecule has 22 heavy (non-hydrogen) atoms. The lowest BCUT2D eigenvalue weighted by molar-refractivity contribution is 0.502. The van der Waals surface area contributed by atoms with E-state index in [0.29, 0.717) is 10.8 Å². The fourth-order valence-electron chi connectivity index (χ4n) is 2.51. The van der Waals surface area contributed by atoms with E-state index in [9.17, 15) is 0 Å². The first-order chi connectivity index (χ1) is 10.6. The third-order valence-electron chi connectivity index (χ3n) is 3.82. The molecular formula is C16H30S6. The molecule has 0 nitrogen and oxygen atoms in total. The van der Waals surface area contributed by atoms with E-state index in [4.69, 9.17) is 0 Å². The molecule has 3 aliphatic rings. The minimum absolute atomic E-state index is 0.531. The normalized spacial score (nSPS) is 37.4. The summed E-state index contributed by atoms with van der Waals surface area (Å²) < 4.78 is 0. The highest BCUT2D eigenvalue weighted by atomic mass is 32.2. The van der Waals surface area contributed by atoms with Crippen molar-refractivity contribution in [1.29, 1.82) is 0 Å². The number of hydrogen-bond acceptors (Lipinski definition) is 6. The van der Waals surface area contributed by atoms with Crippen LogP contribution in [0.1, 0.15) is 13.8 Å². The van der Waals surface area contributed by atoms with Crippen molar-refractivity contribution in [3.05, 3.63) is 0 Å². The van der Waals surface area contributed by atoms with Gasteiger partial charge in [0.2, 0.25) is 0 Å². The Morgan fingerprint density at radius 1 is 0.409 bits per heavy atom. The second-order valence-corrected chi connectivity index (χ2v) is 13.6. The molecule has 0 amide bonds. The first-order valence-electron chi connectivity index (χ1n) is 8.09. The zero-order valence-electron chi connectivity index (χ0n) is 13.9. The minimum Gasteiger partial charge on any atom is -0.161 e. The van der Waals surface area contributed by atoms with Gasteiger partial charge in [0.25, 0.3) is 0 Å². The van der Waals surface area contributed by atoms with Gasteiger partial charge in [0.15, 0.2) is 0 Å². The Morgan fingerprint density at radius 2 is 0.591 bits per heavy atom. The fraction of sp³-hybridized carbons (Fsp3) is 1.00. The number of fused-ring (bicyclic) bond motifs is 15. The molecule has 0 radical (unpaired) electrons. The smallest absolute Gasteiger partial charge is 0.00238 e. The van der Waals surface area contributed by atoms with E-state index in [0.717, 1.165) is 0 Å². The molecule has 3 saturated heterocycles. The number of hydrogen-bond donors (Lipinski definition) is 0. The predicted molar refractivity (Wildman–Crippen MR) is 120 cm³/mol. The summed E-state index contributed by atoms with van der Waals surface area (Å²) in [6.07, 6.45) is 0. The fourth-order valence-corrected chi connectivity index (χ4v) is 11.2. The van der Waals surface area contributed by atoms with Gasteiger partial charge in [-0.05, 0) is 10.8 Å². The van der Waals surface area contributed by atoms with Gasteiger partial charge in [0, 0.05) is 69.0 Å². The van der Waals surface area contributed by atoms with Gasteiger partial charge in [-0.2, -0.15) is 70.6 Å². The standard InChI is InChI=1S/C16H30S6/c1-15-9-17-3-6-20-12-16(2,13-21-7-4-18-10-15)14-22-8-5-19-11-15/h3-14H2,1-2H3. The van der Waals surface area contributed by atoms with Crippen molar-refractivity contribution in [2.24, 2.45) is 10.8 Å². The molecule has 0 spiro atoms. The summed E-state index contributed by atoms with van der Waals surface area (Å²) in [6.45, 7) is 5.06. The van der Waals surface area contributed by atoms with Crippen LogP contribution >= 0.6 is 70.6 Å². The highest BCUT2D eigenvalue weighted by molar-refractivity contribution is 8.05. The summed E-state index contributed by atoms with van der Waals surface area (Å²) in [5.41, 5.74) is 1.06. The van der Waals surface area contributed by atoms with Crippen LogP contribution in [0.15, 0.2) is 0 Å². The van der Waals surface area contributed by atoms with Gasteiger partial charge in [-0.25, -0.2) is 0 Å². The Morgan fingerprint density at radius 3 is 0.773 bits per heavy atom. The van der Waals surface area contributed by atoms with Crippen molar-refractivity contribution in [2.45, 2.75) is 13.8 Å². The van der Waals surface area contributed by atoms with E-state index in [2.05, 4.69) is 84.4 Å². The number of rotatable bonds is 0. The molecule has 0 N–H and O–H groups in total. The Bertz CT molecular complexity index is 235. The third-order valence-corrected chi connectivity index (χ3v) is 13.0. The Balaban J connectivity index is 2.03. The van der Waals surface area contributed by atoms with Crippen LogP contribution < -0.4 is 0 Å². The van der Waals surface area contributed by atoms with Crippen LogP contribution in [0, 0.1) is 10.8 Å². The molecular weight excluding hydrogens is 385 g/mol. The lowest BCUT2D eigenvalue weighted by Gasteiger charge is -2.32. The average molecular weight is 415 g/mol. The van der Waals surface area contributed by atoms with Crippen molar-refractivity contribution < 1.29 is 0 Å². The molecule has 3 heterocycles. The SMILES string of the molecule is CC12CSCCSCC(C)(CSCCSC1)CSCCSC2. The van der Waals surface area contributed by atoms with Crippen LogP contribution in [0.2, 0.25) is 0 Å². The van der Waals surface area contributed by atoms with Crippen molar-refractivity contribution >= 4 is 70.6 Å². The minimum atomic E-state index is 0.531. The second kappa shape index (κ2) is 10.9. The van der Waals surface area contributed by atoms with E-state index in [-0.39, 0.29) is 0 Å². The lowest BCUT2D eigenvalue weighted by atomic mass is 9.99. The van der Waals surface area contributed by atoms with E-state index >= 15 is 0 Å². The molecule has 0 unspecified atom stereocenters. The van der Waals surface area contributed by atoms with Crippen molar-refractivity contribution in [3.8, 4) is 0 Å². The molecule has 0 aliphatic carbocycles. The van der Waals surface area contributed by atoms with Gasteiger partial charge in [-0.3, -0.25) is 0 Å². The van der Waals surface area contributed by atoms with Crippen LogP contribution in [0.5, 0.6) is 0 Å². The molecule has 0 aromatic carbocycles. The van der Waals surface area contributed by atoms with Gasteiger partial charge in [0.1, 0.15) is 0 Å². The summed E-state index contributed by atoms with van der Waals surface area (Å²) in [7, 11) is 0. The van der Waals surface area contributed by atoms with Crippen molar-refractivity contribution in [2.75, 3.05) is 69.0 Å². The molecule has 0 saturated carbocycles.